The monoisotopic (exact) mass is 281 g/mol. The lowest BCUT2D eigenvalue weighted by atomic mass is 10.1. The van der Waals surface area contributed by atoms with Crippen molar-refractivity contribution in [3.63, 3.8) is 0 Å². The summed E-state index contributed by atoms with van der Waals surface area (Å²) in [5.41, 5.74) is 2.37. The predicted octanol–water partition coefficient (Wildman–Crippen LogP) is 2.54. The summed E-state index contributed by atoms with van der Waals surface area (Å²) in [6.45, 7) is 8.65. The second-order valence-corrected chi connectivity index (χ2v) is 4.63. The summed E-state index contributed by atoms with van der Waals surface area (Å²) in [6.07, 6.45) is 0.915. The molecule has 0 atom stereocenters. The molecule has 1 aromatic rings. The van der Waals surface area contributed by atoms with E-state index in [-0.39, 0.29) is 0 Å². The van der Waals surface area contributed by atoms with Crippen molar-refractivity contribution in [1.29, 1.82) is 0 Å². The smallest absolute Gasteiger partial charge is 0.126 e. The lowest BCUT2D eigenvalue weighted by Gasteiger charge is -2.14. The summed E-state index contributed by atoms with van der Waals surface area (Å²) in [6, 6.07) is 6.25. The highest BCUT2D eigenvalue weighted by atomic mass is 16.5. The third kappa shape index (κ3) is 6.37. The van der Waals surface area contributed by atoms with Gasteiger partial charge < -0.3 is 19.5 Å². The SMILES string of the molecule is CCOCCCOc1c(C)cccc1CNCCOC. The van der Waals surface area contributed by atoms with Crippen molar-refractivity contribution in [2.75, 3.05) is 40.1 Å². The fraction of sp³-hybridized carbons (Fsp3) is 0.625. The molecule has 0 aliphatic heterocycles. The molecule has 1 N–H and O–H groups in total. The van der Waals surface area contributed by atoms with E-state index in [0.29, 0.717) is 6.61 Å². The number of aryl methyl sites for hydroxylation is 1. The highest BCUT2D eigenvalue weighted by molar-refractivity contribution is 5.40. The summed E-state index contributed by atoms with van der Waals surface area (Å²) < 4.78 is 16.3. The van der Waals surface area contributed by atoms with Gasteiger partial charge in [0, 0.05) is 45.4 Å². The van der Waals surface area contributed by atoms with Gasteiger partial charge in [-0.2, -0.15) is 0 Å². The van der Waals surface area contributed by atoms with Crippen molar-refractivity contribution < 1.29 is 14.2 Å². The van der Waals surface area contributed by atoms with Crippen LogP contribution in [0.3, 0.4) is 0 Å². The van der Waals surface area contributed by atoms with Gasteiger partial charge in [-0.3, -0.25) is 0 Å². The van der Waals surface area contributed by atoms with Gasteiger partial charge in [0.1, 0.15) is 5.75 Å². The molecule has 114 valence electrons. The molecule has 0 amide bonds. The van der Waals surface area contributed by atoms with Crippen LogP contribution >= 0.6 is 0 Å². The molecule has 4 nitrogen and oxygen atoms in total. The molecule has 0 unspecified atom stereocenters. The Morgan fingerprint density at radius 3 is 2.75 bits per heavy atom. The van der Waals surface area contributed by atoms with Crippen molar-refractivity contribution in [3.8, 4) is 5.75 Å². The van der Waals surface area contributed by atoms with E-state index in [1.165, 1.54) is 11.1 Å². The second kappa shape index (κ2) is 10.7. The maximum atomic E-state index is 5.92. The summed E-state index contributed by atoms with van der Waals surface area (Å²) in [7, 11) is 1.71. The Bertz CT molecular complexity index is 369. The molecular formula is C16H27NO3. The van der Waals surface area contributed by atoms with Gasteiger partial charge >= 0.3 is 0 Å². The van der Waals surface area contributed by atoms with Crippen molar-refractivity contribution in [2.45, 2.75) is 26.8 Å². The van der Waals surface area contributed by atoms with Gasteiger partial charge in [-0.15, -0.1) is 0 Å². The van der Waals surface area contributed by atoms with Crippen LogP contribution in [-0.2, 0) is 16.0 Å². The van der Waals surface area contributed by atoms with E-state index in [1.807, 2.05) is 6.92 Å². The fourth-order valence-electron chi connectivity index (χ4n) is 1.94. The van der Waals surface area contributed by atoms with Crippen LogP contribution in [-0.4, -0.2) is 40.1 Å². The van der Waals surface area contributed by atoms with Crippen LogP contribution in [0.5, 0.6) is 5.75 Å². The minimum absolute atomic E-state index is 0.690. The number of hydrogen-bond acceptors (Lipinski definition) is 4. The maximum Gasteiger partial charge on any atom is 0.126 e. The summed E-state index contributed by atoms with van der Waals surface area (Å²) in [4.78, 5) is 0. The Labute approximate surface area is 122 Å². The lowest BCUT2D eigenvalue weighted by Crippen LogP contribution is -2.19. The molecule has 0 aliphatic rings. The average Bonchev–Trinajstić information content (AvgIpc) is 2.45. The minimum Gasteiger partial charge on any atom is -0.493 e. The van der Waals surface area contributed by atoms with Gasteiger partial charge in [0.2, 0.25) is 0 Å². The van der Waals surface area contributed by atoms with E-state index in [2.05, 4.69) is 30.4 Å². The molecule has 20 heavy (non-hydrogen) atoms. The van der Waals surface area contributed by atoms with Gasteiger partial charge in [0.15, 0.2) is 0 Å². The standard InChI is InChI=1S/C16H27NO3/c1-4-19-10-6-11-20-16-14(2)7-5-8-15(16)13-17-9-12-18-3/h5,7-8,17H,4,6,9-13H2,1-3H3. The first-order valence-electron chi connectivity index (χ1n) is 7.28. The topological polar surface area (TPSA) is 39.7 Å². The first kappa shape index (κ1) is 17.0. The minimum atomic E-state index is 0.690. The van der Waals surface area contributed by atoms with Crippen molar-refractivity contribution in [2.24, 2.45) is 0 Å². The van der Waals surface area contributed by atoms with E-state index in [0.717, 1.165) is 45.1 Å². The highest BCUT2D eigenvalue weighted by Gasteiger charge is 2.06. The summed E-state index contributed by atoms with van der Waals surface area (Å²) >= 11 is 0. The number of para-hydroxylation sites is 1. The zero-order chi connectivity index (χ0) is 14.6. The Kier molecular flexibility index (Phi) is 9.04. The summed E-state index contributed by atoms with van der Waals surface area (Å²) in [5.74, 6) is 0.994. The molecule has 0 saturated carbocycles. The first-order valence-corrected chi connectivity index (χ1v) is 7.28. The molecule has 4 heteroatoms. The molecular weight excluding hydrogens is 254 g/mol. The highest BCUT2D eigenvalue weighted by Crippen LogP contribution is 2.23. The van der Waals surface area contributed by atoms with Gasteiger partial charge in [0.05, 0.1) is 13.2 Å². The van der Waals surface area contributed by atoms with Gasteiger partial charge in [-0.25, -0.2) is 0 Å². The van der Waals surface area contributed by atoms with E-state index in [4.69, 9.17) is 14.2 Å². The van der Waals surface area contributed by atoms with E-state index in [1.54, 1.807) is 7.11 Å². The third-order valence-electron chi connectivity index (χ3n) is 2.98. The third-order valence-corrected chi connectivity index (χ3v) is 2.98. The quantitative estimate of drug-likeness (QED) is 0.633. The first-order chi connectivity index (χ1) is 9.79. The largest absolute Gasteiger partial charge is 0.493 e. The molecule has 1 aromatic carbocycles. The lowest BCUT2D eigenvalue weighted by molar-refractivity contribution is 0.130. The molecule has 0 radical (unpaired) electrons. The Morgan fingerprint density at radius 1 is 1.15 bits per heavy atom. The molecule has 0 spiro atoms. The van der Waals surface area contributed by atoms with Crippen molar-refractivity contribution >= 4 is 0 Å². The van der Waals surface area contributed by atoms with E-state index in [9.17, 15) is 0 Å². The normalized spacial score (nSPS) is 10.8. The van der Waals surface area contributed by atoms with Crippen LogP contribution in [0, 0.1) is 6.92 Å². The average molecular weight is 281 g/mol. The van der Waals surface area contributed by atoms with Crippen LogP contribution in [0.4, 0.5) is 0 Å². The Hall–Kier alpha value is -1.10. The number of benzene rings is 1. The number of nitrogens with one attached hydrogen (secondary N) is 1. The van der Waals surface area contributed by atoms with Crippen LogP contribution in [0.25, 0.3) is 0 Å². The molecule has 0 bridgehead atoms. The zero-order valence-corrected chi connectivity index (χ0v) is 12.9. The van der Waals surface area contributed by atoms with Crippen LogP contribution < -0.4 is 10.1 Å². The number of hydrogen-bond donors (Lipinski definition) is 1. The van der Waals surface area contributed by atoms with Crippen LogP contribution in [0.15, 0.2) is 18.2 Å². The molecule has 0 aliphatic carbocycles. The zero-order valence-electron chi connectivity index (χ0n) is 12.9. The van der Waals surface area contributed by atoms with Gasteiger partial charge in [0.25, 0.3) is 0 Å². The van der Waals surface area contributed by atoms with E-state index < -0.39 is 0 Å². The van der Waals surface area contributed by atoms with Crippen molar-refractivity contribution in [3.05, 3.63) is 29.3 Å². The predicted molar refractivity (Wildman–Crippen MR) is 81.4 cm³/mol. The van der Waals surface area contributed by atoms with Gasteiger partial charge in [-0.1, -0.05) is 18.2 Å². The molecule has 0 heterocycles. The Balaban J connectivity index is 2.45. The number of ether oxygens (including phenoxy) is 3. The Morgan fingerprint density at radius 2 is 2.00 bits per heavy atom. The van der Waals surface area contributed by atoms with Crippen LogP contribution in [0.2, 0.25) is 0 Å². The molecule has 0 aromatic heterocycles. The molecule has 0 fully saturated rings. The van der Waals surface area contributed by atoms with Gasteiger partial charge in [-0.05, 0) is 19.4 Å². The second-order valence-electron chi connectivity index (χ2n) is 4.63. The number of methoxy groups -OCH3 is 1. The molecule has 1 rings (SSSR count). The van der Waals surface area contributed by atoms with Crippen molar-refractivity contribution in [1.82, 2.24) is 5.32 Å². The van der Waals surface area contributed by atoms with E-state index >= 15 is 0 Å². The van der Waals surface area contributed by atoms with Crippen LogP contribution in [0.1, 0.15) is 24.5 Å². The fourth-order valence-corrected chi connectivity index (χ4v) is 1.94. The maximum absolute atomic E-state index is 5.92. The summed E-state index contributed by atoms with van der Waals surface area (Å²) in [5, 5.41) is 3.35. The molecule has 0 saturated heterocycles. The number of rotatable bonds is 11.